The molecule has 2 heterocycles. The molecule has 0 N–H and O–H groups in total. The summed E-state index contributed by atoms with van der Waals surface area (Å²) in [5.41, 5.74) is -0.599. The van der Waals surface area contributed by atoms with Gasteiger partial charge in [-0.15, -0.1) is 0 Å². The van der Waals surface area contributed by atoms with Crippen LogP contribution in [0.5, 0.6) is 0 Å². The van der Waals surface area contributed by atoms with Gasteiger partial charge in [0.05, 0.1) is 18.1 Å². The summed E-state index contributed by atoms with van der Waals surface area (Å²) in [6.07, 6.45) is 1.83. The summed E-state index contributed by atoms with van der Waals surface area (Å²) in [5.74, 6) is -0.761. The molecule has 19 heavy (non-hydrogen) atoms. The average Bonchev–Trinajstić information content (AvgIpc) is 2.39. The molecule has 1 aliphatic heterocycles. The molecule has 0 atom stereocenters. The van der Waals surface area contributed by atoms with E-state index in [-0.39, 0.29) is 16.8 Å². The number of hydrogen-bond donors (Lipinski definition) is 0. The smallest absolute Gasteiger partial charge is 0.345 e. The van der Waals surface area contributed by atoms with Crippen LogP contribution in [-0.4, -0.2) is 35.2 Å². The van der Waals surface area contributed by atoms with Crippen molar-refractivity contribution in [3.8, 4) is 0 Å². The number of nitrogens with zero attached hydrogens (tertiary/aromatic N) is 2. The zero-order valence-corrected chi connectivity index (χ0v) is 10.6. The third-order valence-corrected chi connectivity index (χ3v) is 2.91. The normalized spacial score (nSPS) is 16.1. The minimum absolute atomic E-state index is 0.00419. The van der Waals surface area contributed by atoms with Gasteiger partial charge in [0.15, 0.2) is 0 Å². The molecule has 8 heteroatoms. The van der Waals surface area contributed by atoms with E-state index in [9.17, 15) is 14.9 Å². The molecule has 0 unspecified atom stereocenters. The van der Waals surface area contributed by atoms with Crippen molar-refractivity contribution in [1.82, 2.24) is 4.98 Å². The Morgan fingerprint density at radius 1 is 1.53 bits per heavy atom. The third-order valence-electron chi connectivity index (χ3n) is 2.71. The van der Waals surface area contributed by atoms with Crippen molar-refractivity contribution in [1.29, 1.82) is 0 Å². The minimum atomic E-state index is -0.761. The molecular weight excluding hydrogens is 276 g/mol. The summed E-state index contributed by atoms with van der Waals surface area (Å²) >= 11 is 5.65. The van der Waals surface area contributed by atoms with Gasteiger partial charge in [-0.2, -0.15) is 0 Å². The lowest BCUT2D eigenvalue weighted by Crippen LogP contribution is -2.26. The van der Waals surface area contributed by atoms with Crippen LogP contribution in [0.3, 0.4) is 0 Å². The first kappa shape index (κ1) is 13.7. The Labute approximate surface area is 113 Å². The molecule has 1 aromatic heterocycles. The van der Waals surface area contributed by atoms with Gasteiger partial charge in [-0.1, -0.05) is 11.6 Å². The Morgan fingerprint density at radius 3 is 2.84 bits per heavy atom. The van der Waals surface area contributed by atoms with E-state index in [1.54, 1.807) is 0 Å². The highest BCUT2D eigenvalue weighted by Crippen LogP contribution is 2.23. The number of esters is 1. The molecule has 1 fully saturated rings. The van der Waals surface area contributed by atoms with E-state index in [4.69, 9.17) is 21.1 Å². The van der Waals surface area contributed by atoms with E-state index in [0.717, 1.165) is 12.3 Å². The summed E-state index contributed by atoms with van der Waals surface area (Å²) < 4.78 is 10.4. The van der Waals surface area contributed by atoms with E-state index < -0.39 is 16.6 Å². The fourth-order valence-electron chi connectivity index (χ4n) is 1.74. The number of hydrogen-bond acceptors (Lipinski definition) is 6. The first-order valence-electron chi connectivity index (χ1n) is 5.66. The van der Waals surface area contributed by atoms with E-state index in [2.05, 4.69) is 4.98 Å². The van der Waals surface area contributed by atoms with Crippen LogP contribution in [0.4, 0.5) is 5.69 Å². The number of aromatic nitrogens is 1. The SMILES string of the molecule is O=C(OC1CCOCC1)c1cc(Cl)ncc1[N+](=O)[O-]. The molecule has 0 aliphatic carbocycles. The number of carbonyl (C=O) groups excluding carboxylic acids is 1. The van der Waals surface area contributed by atoms with Crippen LogP contribution in [0.25, 0.3) is 0 Å². The van der Waals surface area contributed by atoms with E-state index in [1.165, 1.54) is 0 Å². The lowest BCUT2D eigenvalue weighted by molar-refractivity contribution is -0.385. The fraction of sp³-hybridized carbons (Fsp3) is 0.455. The van der Waals surface area contributed by atoms with Crippen LogP contribution >= 0.6 is 11.6 Å². The van der Waals surface area contributed by atoms with Crippen LogP contribution in [-0.2, 0) is 9.47 Å². The van der Waals surface area contributed by atoms with Crippen molar-refractivity contribution in [2.75, 3.05) is 13.2 Å². The number of carbonyl (C=O) groups is 1. The molecule has 102 valence electrons. The third kappa shape index (κ3) is 3.39. The second-order valence-electron chi connectivity index (χ2n) is 4.00. The second kappa shape index (κ2) is 5.94. The number of ether oxygens (including phenoxy) is 2. The monoisotopic (exact) mass is 286 g/mol. The lowest BCUT2D eigenvalue weighted by Gasteiger charge is -2.22. The number of nitro groups is 1. The first-order valence-corrected chi connectivity index (χ1v) is 6.04. The van der Waals surface area contributed by atoms with Gasteiger partial charge in [0.2, 0.25) is 0 Å². The van der Waals surface area contributed by atoms with Crippen molar-refractivity contribution >= 4 is 23.3 Å². The molecule has 0 spiro atoms. The Hall–Kier alpha value is -1.73. The summed E-state index contributed by atoms with van der Waals surface area (Å²) in [6, 6.07) is 1.14. The molecular formula is C11H11ClN2O5. The minimum Gasteiger partial charge on any atom is -0.458 e. The molecule has 1 saturated heterocycles. The van der Waals surface area contributed by atoms with Crippen LogP contribution in [0.2, 0.25) is 5.15 Å². The summed E-state index contributed by atoms with van der Waals surface area (Å²) in [6.45, 7) is 1.02. The van der Waals surface area contributed by atoms with Crippen LogP contribution in [0.1, 0.15) is 23.2 Å². The maximum absolute atomic E-state index is 11.9. The van der Waals surface area contributed by atoms with Gasteiger partial charge in [-0.05, 0) is 6.07 Å². The predicted octanol–water partition coefficient (Wildman–Crippen LogP) is 1.98. The van der Waals surface area contributed by atoms with Gasteiger partial charge in [0, 0.05) is 12.8 Å². The molecule has 2 rings (SSSR count). The highest BCUT2D eigenvalue weighted by atomic mass is 35.5. The van der Waals surface area contributed by atoms with Crippen molar-refractivity contribution in [2.45, 2.75) is 18.9 Å². The highest BCUT2D eigenvalue weighted by molar-refractivity contribution is 6.29. The summed E-state index contributed by atoms with van der Waals surface area (Å²) in [4.78, 5) is 25.7. The van der Waals surface area contributed by atoms with E-state index in [1.807, 2.05) is 0 Å². The zero-order chi connectivity index (χ0) is 13.8. The van der Waals surface area contributed by atoms with Crippen molar-refractivity contribution < 1.29 is 19.2 Å². The van der Waals surface area contributed by atoms with Gasteiger partial charge in [-0.25, -0.2) is 9.78 Å². The Kier molecular flexibility index (Phi) is 4.28. The molecule has 7 nitrogen and oxygen atoms in total. The molecule has 0 radical (unpaired) electrons. The van der Waals surface area contributed by atoms with E-state index in [0.29, 0.717) is 26.1 Å². The van der Waals surface area contributed by atoms with Crippen LogP contribution in [0.15, 0.2) is 12.3 Å². The average molecular weight is 287 g/mol. The Morgan fingerprint density at radius 2 is 2.21 bits per heavy atom. The predicted molar refractivity (Wildman–Crippen MR) is 65.2 cm³/mol. The van der Waals surface area contributed by atoms with Gasteiger partial charge >= 0.3 is 11.7 Å². The number of halogens is 1. The highest BCUT2D eigenvalue weighted by Gasteiger charge is 2.26. The van der Waals surface area contributed by atoms with Crippen molar-refractivity contribution in [3.05, 3.63) is 33.1 Å². The maximum atomic E-state index is 11.9. The summed E-state index contributed by atoms with van der Waals surface area (Å²) in [5, 5.41) is 10.8. The molecule has 1 aromatic rings. The quantitative estimate of drug-likeness (QED) is 0.365. The summed E-state index contributed by atoms with van der Waals surface area (Å²) in [7, 11) is 0. The number of pyridine rings is 1. The Bertz CT molecular complexity index is 502. The molecule has 0 amide bonds. The first-order chi connectivity index (χ1) is 9.08. The van der Waals surface area contributed by atoms with Gasteiger partial charge in [-0.3, -0.25) is 10.1 Å². The van der Waals surface area contributed by atoms with Crippen LogP contribution in [0, 0.1) is 10.1 Å². The topological polar surface area (TPSA) is 91.6 Å². The van der Waals surface area contributed by atoms with Gasteiger partial charge in [0.1, 0.15) is 23.0 Å². The number of rotatable bonds is 3. The van der Waals surface area contributed by atoms with Crippen molar-refractivity contribution in [2.24, 2.45) is 0 Å². The van der Waals surface area contributed by atoms with Crippen LogP contribution < -0.4 is 0 Å². The molecule has 1 aliphatic rings. The maximum Gasteiger partial charge on any atom is 0.345 e. The van der Waals surface area contributed by atoms with Gasteiger partial charge in [0.25, 0.3) is 0 Å². The molecule has 0 aromatic carbocycles. The van der Waals surface area contributed by atoms with Crippen molar-refractivity contribution in [3.63, 3.8) is 0 Å². The largest absolute Gasteiger partial charge is 0.458 e. The fourth-order valence-corrected chi connectivity index (χ4v) is 1.90. The zero-order valence-electron chi connectivity index (χ0n) is 9.87. The molecule has 0 bridgehead atoms. The van der Waals surface area contributed by atoms with Gasteiger partial charge < -0.3 is 9.47 Å². The second-order valence-corrected chi connectivity index (χ2v) is 4.39. The lowest BCUT2D eigenvalue weighted by atomic mass is 10.1. The van der Waals surface area contributed by atoms with E-state index >= 15 is 0 Å². The standard InChI is InChI=1S/C11H11ClN2O5/c12-10-5-8(9(6-13-10)14(16)17)11(15)19-7-1-3-18-4-2-7/h5-7H,1-4H2. The Balaban J connectivity index is 2.17. The molecule has 0 saturated carbocycles.